The molecule has 0 unspecified atom stereocenters. The molecule has 1 aromatic carbocycles. The monoisotopic (exact) mass is 304 g/mol. The highest BCUT2D eigenvalue weighted by Crippen LogP contribution is 2.49. The van der Waals surface area contributed by atoms with Crippen LogP contribution in [0.15, 0.2) is 22.7 Å². The van der Waals surface area contributed by atoms with E-state index >= 15 is 0 Å². The van der Waals surface area contributed by atoms with E-state index in [9.17, 15) is 0 Å². The predicted octanol–water partition coefficient (Wildman–Crippen LogP) is 4.17. The molecule has 2 saturated carbocycles. The van der Waals surface area contributed by atoms with Crippen molar-refractivity contribution in [2.45, 2.75) is 25.7 Å². The van der Waals surface area contributed by atoms with E-state index < -0.39 is 0 Å². The predicted molar refractivity (Wildman–Crippen MR) is 76.3 cm³/mol. The van der Waals surface area contributed by atoms with E-state index in [1.54, 1.807) is 0 Å². The molecule has 2 fully saturated rings. The second kappa shape index (κ2) is 4.93. The van der Waals surface area contributed by atoms with Gasteiger partial charge in [0, 0.05) is 16.7 Å². The molecule has 18 heavy (non-hydrogen) atoms. The summed E-state index contributed by atoms with van der Waals surface area (Å²) in [6.45, 7) is 1.08. The minimum atomic E-state index is 0.702. The summed E-state index contributed by atoms with van der Waals surface area (Å²) in [4.78, 5) is 0. The van der Waals surface area contributed by atoms with Crippen LogP contribution < -0.4 is 5.32 Å². The van der Waals surface area contributed by atoms with Gasteiger partial charge in [0.25, 0.3) is 0 Å². The molecule has 1 aromatic rings. The first-order valence-corrected chi connectivity index (χ1v) is 7.51. The first kappa shape index (κ1) is 12.0. The number of hydrogen-bond donors (Lipinski definition) is 1. The first-order chi connectivity index (χ1) is 8.78. The van der Waals surface area contributed by atoms with E-state index in [2.05, 4.69) is 27.3 Å². The van der Waals surface area contributed by atoms with Crippen LogP contribution in [0.25, 0.3) is 0 Å². The topological polar surface area (TPSA) is 35.8 Å². The first-order valence-electron chi connectivity index (χ1n) is 6.71. The fourth-order valence-corrected chi connectivity index (χ4v) is 3.24. The number of anilines is 1. The molecule has 2 aliphatic carbocycles. The lowest BCUT2D eigenvalue weighted by Gasteiger charge is -2.17. The van der Waals surface area contributed by atoms with Crippen LogP contribution >= 0.6 is 15.9 Å². The van der Waals surface area contributed by atoms with Crippen molar-refractivity contribution in [3.63, 3.8) is 0 Å². The summed E-state index contributed by atoms with van der Waals surface area (Å²) >= 11 is 3.53. The van der Waals surface area contributed by atoms with Gasteiger partial charge in [-0.25, -0.2) is 0 Å². The molecule has 0 amide bonds. The van der Waals surface area contributed by atoms with Gasteiger partial charge in [-0.05, 0) is 77.6 Å². The molecule has 3 rings (SSSR count). The Bertz CT molecular complexity index is 472. The highest BCUT2D eigenvalue weighted by molar-refractivity contribution is 9.10. The number of nitrogens with zero attached hydrogens (tertiary/aromatic N) is 1. The number of nitriles is 1. The second-order valence-corrected chi connectivity index (χ2v) is 6.38. The van der Waals surface area contributed by atoms with Crippen molar-refractivity contribution in [1.82, 2.24) is 0 Å². The van der Waals surface area contributed by atoms with E-state index in [4.69, 9.17) is 5.26 Å². The Morgan fingerprint density at radius 3 is 2.44 bits per heavy atom. The SMILES string of the molecule is N#Cc1ccc(NCC(C2CC2)C2CC2)c(Br)c1. The summed E-state index contributed by atoms with van der Waals surface area (Å²) in [5.74, 6) is 2.82. The summed E-state index contributed by atoms with van der Waals surface area (Å²) in [6, 6.07) is 7.91. The van der Waals surface area contributed by atoms with Gasteiger partial charge in [-0.15, -0.1) is 0 Å². The maximum absolute atomic E-state index is 8.84. The Balaban J connectivity index is 1.63. The van der Waals surface area contributed by atoms with Crippen molar-refractivity contribution >= 4 is 21.6 Å². The van der Waals surface area contributed by atoms with Crippen LogP contribution in [-0.4, -0.2) is 6.54 Å². The Labute approximate surface area is 117 Å². The van der Waals surface area contributed by atoms with Crippen LogP contribution in [0.3, 0.4) is 0 Å². The van der Waals surface area contributed by atoms with E-state index in [0.717, 1.165) is 34.5 Å². The van der Waals surface area contributed by atoms with E-state index in [-0.39, 0.29) is 0 Å². The molecule has 0 heterocycles. The lowest BCUT2D eigenvalue weighted by Crippen LogP contribution is -2.18. The van der Waals surface area contributed by atoms with Gasteiger partial charge in [-0.3, -0.25) is 0 Å². The van der Waals surface area contributed by atoms with Crippen molar-refractivity contribution in [1.29, 1.82) is 5.26 Å². The van der Waals surface area contributed by atoms with E-state index in [1.165, 1.54) is 25.7 Å². The fourth-order valence-electron chi connectivity index (χ4n) is 2.72. The third kappa shape index (κ3) is 2.70. The molecule has 0 saturated heterocycles. The van der Waals surface area contributed by atoms with Crippen LogP contribution in [-0.2, 0) is 0 Å². The quantitative estimate of drug-likeness (QED) is 0.886. The standard InChI is InChI=1S/C15H17BrN2/c16-14-7-10(8-17)1-6-15(14)18-9-13(11-2-3-11)12-4-5-12/h1,6-7,11-13,18H,2-5,9H2. The summed E-state index contributed by atoms with van der Waals surface area (Å²) in [5.41, 5.74) is 1.81. The zero-order valence-corrected chi connectivity index (χ0v) is 11.9. The fraction of sp³-hybridized carbons (Fsp3) is 0.533. The zero-order valence-electron chi connectivity index (χ0n) is 10.3. The molecule has 94 valence electrons. The maximum Gasteiger partial charge on any atom is 0.0992 e. The Kier molecular flexibility index (Phi) is 3.30. The van der Waals surface area contributed by atoms with Crippen LogP contribution in [0, 0.1) is 29.1 Å². The van der Waals surface area contributed by atoms with Gasteiger partial charge >= 0.3 is 0 Å². The maximum atomic E-state index is 8.84. The smallest absolute Gasteiger partial charge is 0.0992 e. The Morgan fingerprint density at radius 2 is 1.94 bits per heavy atom. The molecule has 0 spiro atoms. The lowest BCUT2D eigenvalue weighted by atomic mass is 9.98. The molecule has 0 bridgehead atoms. The van der Waals surface area contributed by atoms with Crippen molar-refractivity contribution < 1.29 is 0 Å². The number of hydrogen-bond acceptors (Lipinski definition) is 2. The number of nitrogens with one attached hydrogen (secondary N) is 1. The lowest BCUT2D eigenvalue weighted by molar-refractivity contribution is 0.428. The van der Waals surface area contributed by atoms with Crippen molar-refractivity contribution in [2.24, 2.45) is 17.8 Å². The third-order valence-corrected chi connectivity index (χ3v) is 4.74. The normalized spacial score (nSPS) is 18.7. The number of halogens is 1. The molecule has 0 atom stereocenters. The van der Waals surface area contributed by atoms with Gasteiger partial charge in [0.2, 0.25) is 0 Å². The molecular weight excluding hydrogens is 288 g/mol. The average Bonchev–Trinajstić information content (AvgIpc) is 3.25. The summed E-state index contributed by atoms with van der Waals surface area (Å²) < 4.78 is 0.992. The van der Waals surface area contributed by atoms with Gasteiger partial charge < -0.3 is 5.32 Å². The summed E-state index contributed by atoms with van der Waals surface area (Å²) in [7, 11) is 0. The van der Waals surface area contributed by atoms with E-state index in [1.807, 2.05) is 18.2 Å². The van der Waals surface area contributed by atoms with Gasteiger partial charge in [0.05, 0.1) is 11.6 Å². The third-order valence-electron chi connectivity index (χ3n) is 4.08. The van der Waals surface area contributed by atoms with Gasteiger partial charge in [0.15, 0.2) is 0 Å². The van der Waals surface area contributed by atoms with Crippen molar-refractivity contribution in [3.05, 3.63) is 28.2 Å². The van der Waals surface area contributed by atoms with Crippen molar-refractivity contribution in [2.75, 3.05) is 11.9 Å². The molecule has 2 nitrogen and oxygen atoms in total. The second-order valence-electron chi connectivity index (χ2n) is 5.53. The van der Waals surface area contributed by atoms with Gasteiger partial charge in [-0.1, -0.05) is 0 Å². The molecule has 1 N–H and O–H groups in total. The van der Waals surface area contributed by atoms with Gasteiger partial charge in [0.1, 0.15) is 0 Å². The van der Waals surface area contributed by atoms with Crippen LogP contribution in [0.1, 0.15) is 31.2 Å². The largest absolute Gasteiger partial charge is 0.384 e. The summed E-state index contributed by atoms with van der Waals surface area (Å²) in [6.07, 6.45) is 5.71. The Morgan fingerprint density at radius 1 is 1.28 bits per heavy atom. The van der Waals surface area contributed by atoms with Crippen molar-refractivity contribution in [3.8, 4) is 6.07 Å². The Hall–Kier alpha value is -1.01. The molecule has 3 heteroatoms. The number of benzene rings is 1. The average molecular weight is 305 g/mol. The number of rotatable bonds is 5. The van der Waals surface area contributed by atoms with Crippen LogP contribution in [0.4, 0.5) is 5.69 Å². The minimum absolute atomic E-state index is 0.702. The molecule has 0 radical (unpaired) electrons. The molecular formula is C15H17BrN2. The van der Waals surface area contributed by atoms with Crippen LogP contribution in [0.2, 0.25) is 0 Å². The van der Waals surface area contributed by atoms with Crippen LogP contribution in [0.5, 0.6) is 0 Å². The summed E-state index contributed by atoms with van der Waals surface area (Å²) in [5, 5.41) is 12.4. The minimum Gasteiger partial charge on any atom is -0.384 e. The van der Waals surface area contributed by atoms with Gasteiger partial charge in [-0.2, -0.15) is 5.26 Å². The molecule has 0 aliphatic heterocycles. The highest BCUT2D eigenvalue weighted by Gasteiger charge is 2.40. The zero-order chi connectivity index (χ0) is 12.5. The van der Waals surface area contributed by atoms with E-state index in [0.29, 0.717) is 5.56 Å². The molecule has 2 aliphatic rings. The molecule has 0 aromatic heterocycles. The highest BCUT2D eigenvalue weighted by atomic mass is 79.9.